The van der Waals surface area contributed by atoms with E-state index in [1.54, 1.807) is 12.1 Å². The first kappa shape index (κ1) is 25.2. The minimum Gasteiger partial charge on any atom is -0.449 e. The van der Waals surface area contributed by atoms with Crippen LogP contribution in [0.15, 0.2) is 70.5 Å². The molecule has 0 saturated carbocycles. The number of carbonyl (C=O) groups is 1. The molecule has 0 aliphatic carbocycles. The molecule has 3 aromatic carbocycles. The minimum atomic E-state index is -0.595. The summed E-state index contributed by atoms with van der Waals surface area (Å²) in [6.07, 6.45) is 0. The summed E-state index contributed by atoms with van der Waals surface area (Å²) in [5, 5.41) is 10.8. The van der Waals surface area contributed by atoms with Gasteiger partial charge in [0.05, 0.1) is 5.92 Å². The van der Waals surface area contributed by atoms with Gasteiger partial charge in [-0.15, -0.1) is 0 Å². The van der Waals surface area contributed by atoms with Crippen molar-refractivity contribution < 1.29 is 18.7 Å². The number of carbonyl (C=O) groups excluding carboxylic acids is 1. The predicted molar refractivity (Wildman–Crippen MR) is 146 cm³/mol. The van der Waals surface area contributed by atoms with Crippen molar-refractivity contribution in [2.45, 2.75) is 52.9 Å². The van der Waals surface area contributed by atoms with Crippen molar-refractivity contribution in [1.29, 1.82) is 5.26 Å². The number of esters is 1. The highest BCUT2D eigenvalue weighted by atomic mass is 16.5. The number of hydrogen-bond acceptors (Lipinski definition) is 6. The molecular formula is C32H30N2O4. The summed E-state index contributed by atoms with van der Waals surface area (Å²) in [7, 11) is 0. The summed E-state index contributed by atoms with van der Waals surface area (Å²) in [4.78, 5) is 13.1. The second-order valence-corrected chi connectivity index (χ2v) is 10.9. The topological polar surface area (TPSA) is 98.5 Å². The van der Waals surface area contributed by atoms with Crippen LogP contribution in [0.4, 0.5) is 0 Å². The van der Waals surface area contributed by atoms with Gasteiger partial charge in [0, 0.05) is 22.6 Å². The van der Waals surface area contributed by atoms with Crippen molar-refractivity contribution in [3.8, 4) is 17.6 Å². The predicted octanol–water partition coefficient (Wildman–Crippen LogP) is 7.09. The SMILES string of the molecule is Cc1cc(C)c2c(C)c(C(=O)Oc3ccc4c(c3)OC(N)=C(C#N)C4c3ccc(C(C)(C)C)cc3)oc2c1. The zero-order valence-corrected chi connectivity index (χ0v) is 22.4. The smallest absolute Gasteiger partial charge is 0.379 e. The van der Waals surface area contributed by atoms with Crippen molar-refractivity contribution in [3.63, 3.8) is 0 Å². The van der Waals surface area contributed by atoms with Crippen LogP contribution in [0.5, 0.6) is 11.5 Å². The molecule has 2 heterocycles. The number of rotatable bonds is 3. The first-order valence-corrected chi connectivity index (χ1v) is 12.5. The molecule has 1 atom stereocenters. The molecule has 0 bridgehead atoms. The van der Waals surface area contributed by atoms with Gasteiger partial charge < -0.3 is 19.6 Å². The van der Waals surface area contributed by atoms with Crippen LogP contribution in [-0.2, 0) is 5.41 Å². The van der Waals surface area contributed by atoms with Crippen LogP contribution in [0.2, 0.25) is 0 Å². The van der Waals surface area contributed by atoms with Crippen LogP contribution in [-0.4, -0.2) is 5.97 Å². The maximum Gasteiger partial charge on any atom is 0.379 e. The lowest BCUT2D eigenvalue weighted by Crippen LogP contribution is -2.21. The van der Waals surface area contributed by atoms with E-state index in [-0.39, 0.29) is 22.8 Å². The van der Waals surface area contributed by atoms with Crippen LogP contribution in [0.3, 0.4) is 0 Å². The Morgan fingerprint density at radius 2 is 1.74 bits per heavy atom. The molecule has 2 N–H and O–H groups in total. The second-order valence-electron chi connectivity index (χ2n) is 10.9. The standard InChI is InChI=1S/C32H30N2O4/c1-17-13-18(2)27-19(3)29(37-26(27)14-17)31(35)36-22-11-12-23-25(15-22)38-30(34)24(16-33)28(23)20-7-9-21(10-8-20)32(4,5)6/h7-15,28H,34H2,1-6H3. The molecule has 1 aliphatic heterocycles. The molecule has 6 nitrogen and oxygen atoms in total. The van der Waals surface area contributed by atoms with E-state index in [0.717, 1.165) is 33.2 Å². The molecule has 192 valence electrons. The Bertz CT molecular complexity index is 1660. The molecule has 1 aliphatic rings. The normalized spacial score (nSPS) is 15.1. The Morgan fingerprint density at radius 1 is 1.03 bits per heavy atom. The van der Waals surface area contributed by atoms with Crippen molar-refractivity contribution in [3.05, 3.63) is 105 Å². The van der Waals surface area contributed by atoms with E-state index in [2.05, 4.69) is 45.0 Å². The molecule has 1 unspecified atom stereocenters. The molecule has 6 heteroatoms. The lowest BCUT2D eigenvalue weighted by Gasteiger charge is -2.27. The Morgan fingerprint density at radius 3 is 2.39 bits per heavy atom. The maximum absolute atomic E-state index is 13.1. The second kappa shape index (κ2) is 9.11. The summed E-state index contributed by atoms with van der Waals surface area (Å²) in [6, 6.07) is 19.5. The lowest BCUT2D eigenvalue weighted by atomic mass is 9.81. The fourth-order valence-electron chi connectivity index (χ4n) is 5.16. The Labute approximate surface area is 222 Å². The molecule has 0 fully saturated rings. The molecule has 0 radical (unpaired) electrons. The van der Waals surface area contributed by atoms with Gasteiger partial charge >= 0.3 is 5.97 Å². The number of allylic oxidation sites excluding steroid dienone is 1. The summed E-state index contributed by atoms with van der Waals surface area (Å²) in [6.45, 7) is 12.3. The van der Waals surface area contributed by atoms with E-state index < -0.39 is 11.9 Å². The monoisotopic (exact) mass is 506 g/mol. The van der Waals surface area contributed by atoms with Gasteiger partial charge in [0.1, 0.15) is 28.7 Å². The van der Waals surface area contributed by atoms with Gasteiger partial charge in [-0.05, 0) is 60.6 Å². The highest BCUT2D eigenvalue weighted by Gasteiger charge is 2.31. The third-order valence-corrected chi connectivity index (χ3v) is 7.07. The first-order chi connectivity index (χ1) is 18.0. The van der Waals surface area contributed by atoms with Crippen molar-refractivity contribution in [2.24, 2.45) is 5.73 Å². The summed E-state index contributed by atoms with van der Waals surface area (Å²) < 4.78 is 17.4. The van der Waals surface area contributed by atoms with Gasteiger partial charge in [-0.2, -0.15) is 5.26 Å². The average Bonchev–Trinajstić information content (AvgIpc) is 3.19. The fourth-order valence-corrected chi connectivity index (χ4v) is 5.16. The number of benzene rings is 3. The van der Waals surface area contributed by atoms with E-state index in [0.29, 0.717) is 16.9 Å². The molecule has 0 saturated heterocycles. The van der Waals surface area contributed by atoms with Crippen LogP contribution in [0.25, 0.3) is 11.0 Å². The van der Waals surface area contributed by atoms with Crippen LogP contribution in [0.1, 0.15) is 70.6 Å². The van der Waals surface area contributed by atoms with E-state index >= 15 is 0 Å². The zero-order chi connectivity index (χ0) is 27.4. The number of nitrogens with zero attached hydrogens (tertiary/aromatic N) is 1. The quantitative estimate of drug-likeness (QED) is 0.235. The number of aryl methyl sites for hydroxylation is 3. The van der Waals surface area contributed by atoms with E-state index in [1.807, 2.05) is 45.0 Å². The van der Waals surface area contributed by atoms with Crippen LogP contribution < -0.4 is 15.2 Å². The Kier molecular flexibility index (Phi) is 6.03. The van der Waals surface area contributed by atoms with Crippen LogP contribution >= 0.6 is 0 Å². The zero-order valence-electron chi connectivity index (χ0n) is 22.4. The maximum atomic E-state index is 13.1. The van der Waals surface area contributed by atoms with Crippen molar-refractivity contribution in [2.75, 3.05) is 0 Å². The Hall–Kier alpha value is -4.50. The number of ether oxygens (including phenoxy) is 2. The molecule has 1 aromatic heterocycles. The third kappa shape index (κ3) is 4.31. The molecule has 4 aromatic rings. The molecule has 0 amide bonds. The highest BCUT2D eigenvalue weighted by molar-refractivity contribution is 5.98. The minimum absolute atomic E-state index is 0.00748. The molecular weight excluding hydrogens is 476 g/mol. The van der Waals surface area contributed by atoms with E-state index in [4.69, 9.17) is 19.6 Å². The largest absolute Gasteiger partial charge is 0.449 e. The Balaban J connectivity index is 1.48. The van der Waals surface area contributed by atoms with Gasteiger partial charge in [0.2, 0.25) is 11.6 Å². The third-order valence-electron chi connectivity index (χ3n) is 7.07. The summed E-state index contributed by atoms with van der Waals surface area (Å²) in [5.41, 5.74) is 12.9. The van der Waals surface area contributed by atoms with Gasteiger partial charge in [0.15, 0.2) is 0 Å². The highest BCUT2D eigenvalue weighted by Crippen LogP contribution is 2.44. The molecule has 38 heavy (non-hydrogen) atoms. The van der Waals surface area contributed by atoms with Gasteiger partial charge in [-0.3, -0.25) is 0 Å². The molecule has 5 rings (SSSR count). The van der Waals surface area contributed by atoms with E-state index in [1.165, 1.54) is 5.56 Å². The summed E-state index contributed by atoms with van der Waals surface area (Å²) >= 11 is 0. The van der Waals surface area contributed by atoms with Gasteiger partial charge in [-0.1, -0.05) is 57.2 Å². The number of nitriles is 1. The number of nitrogens with two attached hydrogens (primary N) is 1. The summed E-state index contributed by atoms with van der Waals surface area (Å²) in [5.74, 6) is -0.0721. The van der Waals surface area contributed by atoms with E-state index in [9.17, 15) is 10.1 Å². The molecule has 0 spiro atoms. The lowest BCUT2D eigenvalue weighted by molar-refractivity contribution is 0.0702. The van der Waals surface area contributed by atoms with Gasteiger partial charge in [0.25, 0.3) is 0 Å². The number of fused-ring (bicyclic) bond motifs is 2. The number of hydrogen-bond donors (Lipinski definition) is 1. The number of furan rings is 1. The van der Waals surface area contributed by atoms with Crippen molar-refractivity contribution in [1.82, 2.24) is 0 Å². The van der Waals surface area contributed by atoms with Crippen molar-refractivity contribution >= 4 is 16.9 Å². The van der Waals surface area contributed by atoms with Gasteiger partial charge in [-0.25, -0.2) is 4.79 Å². The first-order valence-electron chi connectivity index (χ1n) is 12.5. The van der Waals surface area contributed by atoms with Crippen LogP contribution in [0, 0.1) is 32.1 Å². The average molecular weight is 507 g/mol. The fraction of sp³-hybridized carbons (Fsp3) is 0.250.